The summed E-state index contributed by atoms with van der Waals surface area (Å²) in [5.41, 5.74) is 4.01. The third-order valence-electron chi connectivity index (χ3n) is 3.36. The number of aliphatic hydroxyl groups excluding tert-OH is 1. The second-order valence-electron chi connectivity index (χ2n) is 4.96. The summed E-state index contributed by atoms with van der Waals surface area (Å²) in [6.45, 7) is 10.5. The van der Waals surface area contributed by atoms with E-state index in [9.17, 15) is 4.79 Å². The maximum absolute atomic E-state index is 11.8. The van der Waals surface area contributed by atoms with Gasteiger partial charge in [0.15, 0.2) is 0 Å². The number of hydrogen-bond acceptors (Lipinski definition) is 3. The summed E-state index contributed by atoms with van der Waals surface area (Å²) in [5, 5.41) is 8.67. The van der Waals surface area contributed by atoms with Gasteiger partial charge in [-0.25, -0.2) is 4.79 Å². The lowest BCUT2D eigenvalue weighted by atomic mass is 10.00. The smallest absolute Gasteiger partial charge is 0.338 e. The van der Waals surface area contributed by atoms with Gasteiger partial charge < -0.3 is 9.84 Å². The van der Waals surface area contributed by atoms with Crippen LogP contribution in [0.15, 0.2) is 48.5 Å². The van der Waals surface area contributed by atoms with E-state index in [1.807, 2.05) is 52.0 Å². The van der Waals surface area contributed by atoms with E-state index in [0.29, 0.717) is 25.0 Å². The molecule has 0 aliphatic heterocycles. The van der Waals surface area contributed by atoms with Crippen molar-refractivity contribution in [1.82, 2.24) is 0 Å². The molecule has 0 fully saturated rings. The average molecular weight is 344 g/mol. The van der Waals surface area contributed by atoms with Gasteiger partial charge in [0, 0.05) is 6.61 Å². The van der Waals surface area contributed by atoms with Crippen LogP contribution in [0.2, 0.25) is 0 Å². The molecule has 2 aromatic rings. The highest BCUT2D eigenvalue weighted by atomic mass is 16.5. The Hall–Kier alpha value is -2.13. The monoisotopic (exact) mass is 344 g/mol. The first kappa shape index (κ1) is 22.9. The van der Waals surface area contributed by atoms with Gasteiger partial charge in [-0.3, -0.25) is 0 Å². The fraction of sp³-hybridized carbons (Fsp3) is 0.409. The van der Waals surface area contributed by atoms with Gasteiger partial charge in [0.05, 0.1) is 12.2 Å². The van der Waals surface area contributed by atoms with E-state index < -0.39 is 0 Å². The summed E-state index contributed by atoms with van der Waals surface area (Å²) >= 11 is 0. The minimum absolute atomic E-state index is 0.128. The number of benzene rings is 2. The molecule has 0 saturated heterocycles. The number of unbranched alkanes of at least 4 members (excludes halogenated alkanes) is 1. The van der Waals surface area contributed by atoms with Gasteiger partial charge in [-0.1, -0.05) is 64.1 Å². The molecule has 0 spiro atoms. The Labute approximate surface area is 152 Å². The normalized spacial score (nSPS) is 9.20. The summed E-state index contributed by atoms with van der Waals surface area (Å²) in [4.78, 5) is 11.8. The lowest BCUT2D eigenvalue weighted by molar-refractivity contribution is 0.0492. The van der Waals surface area contributed by atoms with Gasteiger partial charge in [-0.05, 0) is 48.6 Å². The summed E-state index contributed by atoms with van der Waals surface area (Å²) in [5.74, 6) is -0.315. The molecule has 138 valence electrons. The number of rotatable bonds is 6. The van der Waals surface area contributed by atoms with Crippen molar-refractivity contribution in [2.24, 2.45) is 0 Å². The highest BCUT2D eigenvalue weighted by Gasteiger charge is 2.07. The van der Waals surface area contributed by atoms with Gasteiger partial charge in [0.25, 0.3) is 0 Å². The second-order valence-corrected chi connectivity index (χ2v) is 4.96. The molecular weight excluding hydrogens is 312 g/mol. The zero-order chi connectivity index (χ0) is 19.1. The number of esters is 1. The molecule has 0 aliphatic rings. The maximum Gasteiger partial charge on any atom is 0.338 e. The standard InChI is InChI=1S/C18H20O3.2C2H6/c1-14-6-2-3-7-17(14)15-8-10-16(11-9-15)18(20)21-13-5-4-12-19;2*1-2/h2-3,6-11,19H,4-5,12-13H2,1H3;2*1-2H3. The number of ether oxygens (including phenoxy) is 1. The van der Waals surface area contributed by atoms with E-state index in [0.717, 1.165) is 5.56 Å². The predicted octanol–water partition coefficient (Wildman–Crippen LogP) is 5.64. The summed E-state index contributed by atoms with van der Waals surface area (Å²) in [6.07, 6.45) is 1.34. The predicted molar refractivity (Wildman–Crippen MR) is 106 cm³/mol. The molecule has 3 heteroatoms. The minimum Gasteiger partial charge on any atom is -0.462 e. The molecule has 25 heavy (non-hydrogen) atoms. The number of aryl methyl sites for hydroxylation is 1. The topological polar surface area (TPSA) is 46.5 Å². The van der Waals surface area contributed by atoms with Crippen LogP contribution in [-0.2, 0) is 4.74 Å². The largest absolute Gasteiger partial charge is 0.462 e. The third-order valence-corrected chi connectivity index (χ3v) is 3.36. The fourth-order valence-electron chi connectivity index (χ4n) is 2.14. The molecule has 0 amide bonds. The van der Waals surface area contributed by atoms with Crippen LogP contribution in [0.25, 0.3) is 11.1 Å². The van der Waals surface area contributed by atoms with Crippen LogP contribution in [-0.4, -0.2) is 24.3 Å². The first-order valence-corrected chi connectivity index (χ1v) is 9.16. The molecule has 0 atom stereocenters. The highest BCUT2D eigenvalue weighted by molar-refractivity contribution is 5.90. The number of carbonyl (C=O) groups excluding carboxylic acids is 1. The van der Waals surface area contributed by atoms with Crippen LogP contribution in [0.4, 0.5) is 0 Å². The van der Waals surface area contributed by atoms with Crippen molar-refractivity contribution in [1.29, 1.82) is 0 Å². The molecule has 0 radical (unpaired) electrons. The van der Waals surface area contributed by atoms with Crippen LogP contribution in [0.3, 0.4) is 0 Å². The van der Waals surface area contributed by atoms with Crippen LogP contribution in [0.5, 0.6) is 0 Å². The van der Waals surface area contributed by atoms with E-state index in [4.69, 9.17) is 9.84 Å². The number of carbonyl (C=O) groups is 1. The van der Waals surface area contributed by atoms with Crippen molar-refractivity contribution in [3.63, 3.8) is 0 Å². The Morgan fingerprint density at radius 2 is 1.52 bits per heavy atom. The molecule has 0 aliphatic carbocycles. The van der Waals surface area contributed by atoms with Crippen molar-refractivity contribution in [3.8, 4) is 11.1 Å². The minimum atomic E-state index is -0.315. The van der Waals surface area contributed by atoms with E-state index in [-0.39, 0.29) is 12.6 Å². The van der Waals surface area contributed by atoms with Crippen LogP contribution >= 0.6 is 0 Å². The Bertz CT molecular complexity index is 588. The SMILES string of the molecule is CC.CC.Cc1ccccc1-c1ccc(C(=O)OCCCCO)cc1. The van der Waals surface area contributed by atoms with Crippen molar-refractivity contribution in [2.45, 2.75) is 47.5 Å². The van der Waals surface area contributed by atoms with Crippen LogP contribution in [0.1, 0.15) is 56.5 Å². The van der Waals surface area contributed by atoms with Crippen molar-refractivity contribution in [2.75, 3.05) is 13.2 Å². The Morgan fingerprint density at radius 3 is 2.08 bits per heavy atom. The van der Waals surface area contributed by atoms with Gasteiger partial charge in [0.1, 0.15) is 0 Å². The third kappa shape index (κ3) is 7.99. The van der Waals surface area contributed by atoms with E-state index in [1.165, 1.54) is 11.1 Å². The molecule has 0 heterocycles. The summed E-state index contributed by atoms with van der Waals surface area (Å²) in [6, 6.07) is 15.6. The quantitative estimate of drug-likeness (QED) is 0.544. The first-order valence-electron chi connectivity index (χ1n) is 9.16. The van der Waals surface area contributed by atoms with Crippen LogP contribution < -0.4 is 0 Å². The number of hydrogen-bond donors (Lipinski definition) is 1. The van der Waals surface area contributed by atoms with Crippen LogP contribution in [0, 0.1) is 6.92 Å². The average Bonchev–Trinajstić information content (AvgIpc) is 2.69. The van der Waals surface area contributed by atoms with E-state index >= 15 is 0 Å². The molecule has 2 rings (SSSR count). The Balaban J connectivity index is 0.00000134. The first-order chi connectivity index (χ1) is 12.2. The van der Waals surface area contributed by atoms with Gasteiger partial charge in [-0.15, -0.1) is 0 Å². The Kier molecular flexibility index (Phi) is 13.0. The molecule has 0 bridgehead atoms. The molecule has 1 N–H and O–H groups in total. The summed E-state index contributed by atoms with van der Waals surface area (Å²) in [7, 11) is 0. The molecule has 2 aromatic carbocycles. The van der Waals surface area contributed by atoms with Crippen molar-refractivity contribution >= 4 is 5.97 Å². The lowest BCUT2D eigenvalue weighted by Crippen LogP contribution is -2.06. The zero-order valence-electron chi connectivity index (χ0n) is 16.2. The van der Waals surface area contributed by atoms with Gasteiger partial charge in [0.2, 0.25) is 0 Å². The second kappa shape index (κ2) is 14.2. The maximum atomic E-state index is 11.8. The molecule has 0 aromatic heterocycles. The van der Waals surface area contributed by atoms with E-state index in [2.05, 4.69) is 19.1 Å². The molecule has 0 unspecified atom stereocenters. The van der Waals surface area contributed by atoms with E-state index in [1.54, 1.807) is 12.1 Å². The zero-order valence-corrected chi connectivity index (χ0v) is 16.2. The van der Waals surface area contributed by atoms with Crippen molar-refractivity contribution in [3.05, 3.63) is 59.7 Å². The fourth-order valence-corrected chi connectivity index (χ4v) is 2.14. The Morgan fingerprint density at radius 1 is 0.920 bits per heavy atom. The molecule has 0 saturated carbocycles. The van der Waals surface area contributed by atoms with Crippen molar-refractivity contribution < 1.29 is 14.6 Å². The molecule has 3 nitrogen and oxygen atoms in total. The van der Waals surface area contributed by atoms with Gasteiger partial charge in [-0.2, -0.15) is 0 Å². The highest BCUT2D eigenvalue weighted by Crippen LogP contribution is 2.23. The molecular formula is C22H32O3. The summed E-state index contributed by atoms with van der Waals surface area (Å²) < 4.78 is 5.15. The number of aliphatic hydroxyl groups is 1. The van der Waals surface area contributed by atoms with Gasteiger partial charge >= 0.3 is 5.97 Å². The lowest BCUT2D eigenvalue weighted by Gasteiger charge is -2.07.